The molecule has 0 heterocycles. The molecular formula is C10H12NO6P. The van der Waals surface area contributed by atoms with Gasteiger partial charge >= 0.3 is 7.82 Å². The van der Waals surface area contributed by atoms with Crippen molar-refractivity contribution in [2.45, 2.75) is 6.92 Å². The second-order valence-electron chi connectivity index (χ2n) is 2.98. The van der Waals surface area contributed by atoms with Gasteiger partial charge in [0, 0.05) is 12.1 Å². The minimum absolute atomic E-state index is 0.0989. The number of nitro benzene ring substituents is 1. The minimum Gasteiger partial charge on any atom is -0.404 e. The molecule has 18 heavy (non-hydrogen) atoms. The fourth-order valence-corrected chi connectivity index (χ4v) is 2.12. The van der Waals surface area contributed by atoms with Crippen molar-refractivity contribution in [1.82, 2.24) is 0 Å². The molecule has 1 unspecified atom stereocenters. The number of non-ortho nitro benzene ring substituents is 1. The second-order valence-corrected chi connectivity index (χ2v) is 4.53. The van der Waals surface area contributed by atoms with Gasteiger partial charge in [-0.15, -0.1) is 0 Å². The molecule has 1 aromatic rings. The van der Waals surface area contributed by atoms with E-state index in [2.05, 4.69) is 6.58 Å². The van der Waals surface area contributed by atoms with Gasteiger partial charge in [0.05, 0.1) is 17.8 Å². The zero-order valence-corrected chi connectivity index (χ0v) is 10.5. The molecule has 0 amide bonds. The average Bonchev–Trinajstić information content (AvgIpc) is 2.30. The quantitative estimate of drug-likeness (QED) is 0.328. The lowest BCUT2D eigenvalue weighted by atomic mass is 10.3. The maximum Gasteiger partial charge on any atom is 0.586 e. The third-order valence-electron chi connectivity index (χ3n) is 1.76. The van der Waals surface area contributed by atoms with Gasteiger partial charge in [0.2, 0.25) is 0 Å². The normalized spacial score (nSPS) is 13.4. The van der Waals surface area contributed by atoms with Gasteiger partial charge < -0.3 is 9.05 Å². The van der Waals surface area contributed by atoms with Crippen molar-refractivity contribution in [2.75, 3.05) is 6.61 Å². The molecule has 0 radical (unpaired) electrons. The summed E-state index contributed by atoms with van der Waals surface area (Å²) in [6.07, 6.45) is 0.946. The maximum absolute atomic E-state index is 11.9. The van der Waals surface area contributed by atoms with Gasteiger partial charge in [0.1, 0.15) is 5.75 Å². The summed E-state index contributed by atoms with van der Waals surface area (Å²) in [4.78, 5) is 9.90. The molecule has 7 nitrogen and oxygen atoms in total. The van der Waals surface area contributed by atoms with E-state index in [-0.39, 0.29) is 18.0 Å². The van der Waals surface area contributed by atoms with Crippen molar-refractivity contribution in [2.24, 2.45) is 0 Å². The van der Waals surface area contributed by atoms with E-state index in [4.69, 9.17) is 13.6 Å². The third kappa shape index (κ3) is 3.87. The Morgan fingerprint density at radius 3 is 2.50 bits per heavy atom. The maximum atomic E-state index is 11.9. The molecule has 0 bridgehead atoms. The van der Waals surface area contributed by atoms with Gasteiger partial charge in [-0.2, -0.15) is 0 Å². The van der Waals surface area contributed by atoms with Gasteiger partial charge in [0.15, 0.2) is 0 Å². The molecule has 0 spiro atoms. The Morgan fingerprint density at radius 1 is 1.44 bits per heavy atom. The van der Waals surface area contributed by atoms with E-state index in [9.17, 15) is 14.7 Å². The van der Waals surface area contributed by atoms with Crippen LogP contribution < -0.4 is 4.52 Å². The van der Waals surface area contributed by atoms with Crippen LogP contribution in [0.2, 0.25) is 0 Å². The summed E-state index contributed by atoms with van der Waals surface area (Å²) in [5.74, 6) is 0.138. The zero-order chi connectivity index (χ0) is 13.6. The first kappa shape index (κ1) is 14.2. The predicted molar refractivity (Wildman–Crippen MR) is 64.2 cm³/mol. The SMILES string of the molecule is C=COP(=O)(OCC)Oc1ccc([N+](=O)[O-])cc1. The first-order valence-corrected chi connectivity index (χ1v) is 6.44. The Bertz CT molecular complexity index is 472. The molecule has 0 N–H and O–H groups in total. The van der Waals surface area contributed by atoms with Crippen LogP contribution in [0.15, 0.2) is 37.1 Å². The number of phosphoric ester groups is 1. The standard InChI is InChI=1S/C10H12NO6P/c1-3-15-18(14,16-4-2)17-10-7-5-9(6-8-10)11(12)13/h3,5-8H,1,4H2,2H3. The highest BCUT2D eigenvalue weighted by Gasteiger charge is 2.28. The highest BCUT2D eigenvalue weighted by Crippen LogP contribution is 2.49. The summed E-state index contributed by atoms with van der Waals surface area (Å²) in [5, 5.41) is 10.4. The molecule has 1 rings (SSSR count). The lowest BCUT2D eigenvalue weighted by Crippen LogP contribution is -1.99. The van der Waals surface area contributed by atoms with Gasteiger partial charge in [0.25, 0.3) is 5.69 Å². The topological polar surface area (TPSA) is 87.9 Å². The van der Waals surface area contributed by atoms with E-state index in [0.717, 1.165) is 6.26 Å². The molecule has 0 aromatic heterocycles. The van der Waals surface area contributed by atoms with Gasteiger partial charge in [-0.3, -0.25) is 14.6 Å². The van der Waals surface area contributed by atoms with Crippen molar-refractivity contribution >= 4 is 13.5 Å². The zero-order valence-electron chi connectivity index (χ0n) is 9.64. The molecular weight excluding hydrogens is 261 g/mol. The summed E-state index contributed by atoms with van der Waals surface area (Å²) < 4.78 is 26.5. The number of hydrogen-bond acceptors (Lipinski definition) is 6. The Hall–Kier alpha value is -1.85. The Kier molecular flexibility index (Phi) is 4.88. The first-order valence-electron chi connectivity index (χ1n) is 4.98. The molecule has 0 fully saturated rings. The van der Waals surface area contributed by atoms with Crippen molar-refractivity contribution < 1.29 is 23.1 Å². The number of rotatable bonds is 7. The van der Waals surface area contributed by atoms with E-state index >= 15 is 0 Å². The van der Waals surface area contributed by atoms with Gasteiger partial charge in [-0.1, -0.05) is 6.58 Å². The van der Waals surface area contributed by atoms with Crippen molar-refractivity contribution in [3.8, 4) is 5.75 Å². The molecule has 0 aliphatic carbocycles. The number of hydrogen-bond donors (Lipinski definition) is 0. The summed E-state index contributed by atoms with van der Waals surface area (Å²) in [5.41, 5.74) is -0.0989. The van der Waals surface area contributed by atoms with Crippen molar-refractivity contribution in [3.63, 3.8) is 0 Å². The Labute approximate surface area is 104 Å². The van der Waals surface area contributed by atoms with E-state index in [0.29, 0.717) is 0 Å². The van der Waals surface area contributed by atoms with Gasteiger partial charge in [-0.25, -0.2) is 4.57 Å². The Balaban J connectivity index is 2.84. The largest absolute Gasteiger partial charge is 0.586 e. The third-order valence-corrected chi connectivity index (χ3v) is 3.17. The smallest absolute Gasteiger partial charge is 0.404 e. The highest BCUT2D eigenvalue weighted by atomic mass is 31.2. The fourth-order valence-electron chi connectivity index (χ4n) is 1.09. The molecule has 1 atom stereocenters. The van der Waals surface area contributed by atoms with E-state index in [1.807, 2.05) is 0 Å². The predicted octanol–water partition coefficient (Wildman–Crippen LogP) is 3.28. The van der Waals surface area contributed by atoms with Crippen LogP contribution in [-0.4, -0.2) is 11.5 Å². The number of nitrogens with zero attached hydrogens (tertiary/aromatic N) is 1. The number of nitro groups is 1. The van der Waals surface area contributed by atoms with Gasteiger partial charge in [-0.05, 0) is 19.1 Å². The van der Waals surface area contributed by atoms with Crippen LogP contribution in [-0.2, 0) is 13.6 Å². The van der Waals surface area contributed by atoms with Crippen molar-refractivity contribution in [1.29, 1.82) is 0 Å². The van der Waals surface area contributed by atoms with Crippen LogP contribution in [0.5, 0.6) is 5.75 Å². The van der Waals surface area contributed by atoms with E-state index in [1.165, 1.54) is 24.3 Å². The average molecular weight is 273 g/mol. The summed E-state index contributed by atoms with van der Waals surface area (Å²) in [7, 11) is -3.77. The number of benzene rings is 1. The van der Waals surface area contributed by atoms with E-state index < -0.39 is 12.7 Å². The minimum atomic E-state index is -3.77. The van der Waals surface area contributed by atoms with Crippen LogP contribution in [0.3, 0.4) is 0 Å². The lowest BCUT2D eigenvalue weighted by molar-refractivity contribution is -0.384. The molecule has 0 saturated heterocycles. The Morgan fingerprint density at radius 2 is 2.06 bits per heavy atom. The van der Waals surface area contributed by atoms with Crippen LogP contribution >= 0.6 is 7.82 Å². The summed E-state index contributed by atoms with van der Waals surface area (Å²) in [6, 6.07) is 5.05. The van der Waals surface area contributed by atoms with Crippen LogP contribution in [0.4, 0.5) is 5.69 Å². The van der Waals surface area contributed by atoms with Crippen LogP contribution in [0.1, 0.15) is 6.92 Å². The number of phosphoric acid groups is 1. The molecule has 8 heteroatoms. The second kappa shape index (κ2) is 6.18. The van der Waals surface area contributed by atoms with E-state index in [1.54, 1.807) is 6.92 Å². The van der Waals surface area contributed by atoms with Crippen LogP contribution in [0, 0.1) is 10.1 Å². The molecule has 0 aliphatic heterocycles. The molecule has 0 saturated carbocycles. The lowest BCUT2D eigenvalue weighted by Gasteiger charge is -2.15. The summed E-state index contributed by atoms with van der Waals surface area (Å²) >= 11 is 0. The van der Waals surface area contributed by atoms with Crippen molar-refractivity contribution in [3.05, 3.63) is 47.2 Å². The monoisotopic (exact) mass is 273 g/mol. The molecule has 0 aliphatic rings. The highest BCUT2D eigenvalue weighted by molar-refractivity contribution is 7.49. The molecule has 98 valence electrons. The first-order chi connectivity index (χ1) is 8.50. The van der Waals surface area contributed by atoms with Crippen LogP contribution in [0.25, 0.3) is 0 Å². The molecule has 1 aromatic carbocycles. The summed E-state index contributed by atoms with van der Waals surface area (Å²) in [6.45, 7) is 5.01. The fraction of sp³-hybridized carbons (Fsp3) is 0.200.